The van der Waals surface area contributed by atoms with E-state index < -0.39 is 0 Å². The van der Waals surface area contributed by atoms with Gasteiger partial charge in [0, 0.05) is 12.1 Å². The number of alkyl halides is 1. The molecule has 1 aliphatic heterocycles. The Morgan fingerprint density at radius 3 is 3.21 bits per heavy atom. The Morgan fingerprint density at radius 2 is 2.36 bits per heavy atom. The van der Waals surface area contributed by atoms with Crippen molar-refractivity contribution in [2.45, 2.75) is 13.0 Å². The zero-order valence-corrected chi connectivity index (χ0v) is 9.52. The van der Waals surface area contributed by atoms with Crippen LogP contribution in [0.2, 0.25) is 0 Å². The van der Waals surface area contributed by atoms with E-state index >= 15 is 0 Å². The maximum atomic E-state index is 3.37. The summed E-state index contributed by atoms with van der Waals surface area (Å²) in [6, 6.07) is 6.38. The number of halogens is 1. The molecule has 1 N–H and O–H groups in total. The fraction of sp³-hybridized carbons (Fsp3) is 0.333. The van der Waals surface area contributed by atoms with Gasteiger partial charge < -0.3 is 5.32 Å². The molecular formula is C12H12BrN. The Kier molecular flexibility index (Phi) is 3.23. The van der Waals surface area contributed by atoms with Gasteiger partial charge in [-0.25, -0.2) is 0 Å². The minimum Gasteiger partial charge on any atom is -0.312 e. The van der Waals surface area contributed by atoms with Gasteiger partial charge in [0.1, 0.15) is 0 Å². The largest absolute Gasteiger partial charge is 0.312 e. The first-order valence-corrected chi connectivity index (χ1v) is 5.90. The smallest absolute Gasteiger partial charge is 0.0649 e. The quantitative estimate of drug-likeness (QED) is 0.549. The Morgan fingerprint density at radius 1 is 1.43 bits per heavy atom. The highest BCUT2D eigenvalue weighted by atomic mass is 79.9. The molecule has 1 aromatic rings. The third kappa shape index (κ3) is 2.00. The molecule has 0 fully saturated rings. The van der Waals surface area contributed by atoms with E-state index in [0.29, 0.717) is 0 Å². The van der Waals surface area contributed by atoms with E-state index in [-0.39, 0.29) is 0 Å². The Balaban J connectivity index is 2.40. The molecule has 0 atom stereocenters. The van der Waals surface area contributed by atoms with E-state index in [1.165, 1.54) is 16.7 Å². The van der Waals surface area contributed by atoms with Crippen LogP contribution in [0.4, 0.5) is 0 Å². The number of rotatable bonds is 0. The molecule has 72 valence electrons. The Hall–Kier alpha value is -0.780. The summed E-state index contributed by atoms with van der Waals surface area (Å²) >= 11 is 3.32. The second kappa shape index (κ2) is 4.63. The van der Waals surface area contributed by atoms with Gasteiger partial charge in [0.25, 0.3) is 0 Å². The number of fused-ring (bicyclic) bond motifs is 1. The van der Waals surface area contributed by atoms with Gasteiger partial charge in [-0.05, 0) is 30.2 Å². The minimum atomic E-state index is 0.745. The summed E-state index contributed by atoms with van der Waals surface area (Å²) in [4.78, 5) is 0. The van der Waals surface area contributed by atoms with Crippen molar-refractivity contribution in [2.75, 3.05) is 11.9 Å². The molecule has 0 unspecified atom stereocenters. The van der Waals surface area contributed by atoms with Crippen molar-refractivity contribution in [3.05, 3.63) is 34.9 Å². The van der Waals surface area contributed by atoms with Crippen LogP contribution in [0.3, 0.4) is 0 Å². The van der Waals surface area contributed by atoms with Crippen LogP contribution in [0, 0.1) is 11.8 Å². The fourth-order valence-electron chi connectivity index (χ4n) is 1.78. The molecule has 1 heterocycles. The molecule has 0 saturated carbocycles. The molecule has 2 rings (SSSR count). The topological polar surface area (TPSA) is 12.0 Å². The maximum Gasteiger partial charge on any atom is 0.0649 e. The van der Waals surface area contributed by atoms with Crippen LogP contribution < -0.4 is 5.32 Å². The highest BCUT2D eigenvalue weighted by molar-refractivity contribution is 9.09. The van der Waals surface area contributed by atoms with E-state index in [4.69, 9.17) is 0 Å². The second-order valence-electron chi connectivity index (χ2n) is 3.31. The van der Waals surface area contributed by atoms with Crippen LogP contribution in [0.25, 0.3) is 0 Å². The monoisotopic (exact) mass is 249 g/mol. The minimum absolute atomic E-state index is 0.745. The summed E-state index contributed by atoms with van der Waals surface area (Å²) < 4.78 is 0. The highest BCUT2D eigenvalue weighted by Gasteiger charge is 2.10. The van der Waals surface area contributed by atoms with Gasteiger partial charge in [-0.3, -0.25) is 0 Å². The van der Waals surface area contributed by atoms with Crippen molar-refractivity contribution < 1.29 is 0 Å². The van der Waals surface area contributed by atoms with E-state index in [0.717, 1.165) is 24.8 Å². The fourth-order valence-corrected chi connectivity index (χ4v) is 1.92. The predicted molar refractivity (Wildman–Crippen MR) is 62.5 cm³/mol. The van der Waals surface area contributed by atoms with Crippen molar-refractivity contribution in [1.82, 2.24) is 5.32 Å². The summed E-state index contributed by atoms with van der Waals surface area (Å²) in [5, 5.41) is 4.11. The van der Waals surface area contributed by atoms with E-state index in [2.05, 4.69) is 51.3 Å². The van der Waals surface area contributed by atoms with Crippen molar-refractivity contribution in [3.63, 3.8) is 0 Å². The van der Waals surface area contributed by atoms with Gasteiger partial charge >= 0.3 is 0 Å². The standard InChI is InChI=1S/C12H12BrN/c13-7-2-5-10-3-1-4-11-9-14-8-6-12(10)11/h1,3-4,14H,6-9H2. The Labute approximate surface area is 93.0 Å². The number of hydrogen-bond acceptors (Lipinski definition) is 1. The molecule has 1 aliphatic rings. The zero-order valence-electron chi connectivity index (χ0n) is 7.94. The van der Waals surface area contributed by atoms with Gasteiger partial charge in [0.05, 0.1) is 5.33 Å². The lowest BCUT2D eigenvalue weighted by Crippen LogP contribution is -2.24. The molecule has 0 bridgehead atoms. The van der Waals surface area contributed by atoms with Crippen molar-refractivity contribution >= 4 is 15.9 Å². The summed E-state index contributed by atoms with van der Waals surface area (Å²) in [5.74, 6) is 6.26. The molecule has 14 heavy (non-hydrogen) atoms. The van der Waals surface area contributed by atoms with Crippen LogP contribution in [0.5, 0.6) is 0 Å². The molecule has 0 aliphatic carbocycles. The van der Waals surface area contributed by atoms with E-state index in [9.17, 15) is 0 Å². The average Bonchev–Trinajstić information content (AvgIpc) is 2.26. The zero-order chi connectivity index (χ0) is 9.80. The number of hydrogen-bond donors (Lipinski definition) is 1. The van der Waals surface area contributed by atoms with Gasteiger partial charge in [-0.1, -0.05) is 39.9 Å². The molecule has 0 spiro atoms. The highest BCUT2D eigenvalue weighted by Crippen LogP contribution is 2.17. The SMILES string of the molecule is BrCC#Cc1cccc2c1CCNC2. The third-order valence-corrected chi connectivity index (χ3v) is 2.71. The molecule has 2 heteroatoms. The first-order valence-electron chi connectivity index (χ1n) is 4.78. The van der Waals surface area contributed by atoms with Crippen LogP contribution >= 0.6 is 15.9 Å². The van der Waals surface area contributed by atoms with Gasteiger partial charge in [0.2, 0.25) is 0 Å². The van der Waals surface area contributed by atoms with E-state index in [1.54, 1.807) is 0 Å². The van der Waals surface area contributed by atoms with Crippen molar-refractivity contribution in [2.24, 2.45) is 0 Å². The molecule has 0 aromatic heterocycles. The summed E-state index contributed by atoms with van der Waals surface area (Å²) in [6.45, 7) is 2.05. The molecule has 0 amide bonds. The molecular weight excluding hydrogens is 238 g/mol. The third-order valence-electron chi connectivity index (χ3n) is 2.43. The molecule has 1 aromatic carbocycles. The Bertz CT molecular complexity index is 387. The predicted octanol–water partition coefficient (Wildman–Crippen LogP) is 2.08. The second-order valence-corrected chi connectivity index (χ2v) is 3.87. The number of benzene rings is 1. The van der Waals surface area contributed by atoms with Crippen LogP contribution in [0.15, 0.2) is 18.2 Å². The van der Waals surface area contributed by atoms with Gasteiger partial charge in [-0.15, -0.1) is 0 Å². The lowest BCUT2D eigenvalue weighted by molar-refractivity contribution is 0.643. The molecule has 0 radical (unpaired) electrons. The molecule has 1 nitrogen and oxygen atoms in total. The maximum absolute atomic E-state index is 3.37. The van der Waals surface area contributed by atoms with Crippen molar-refractivity contribution in [1.29, 1.82) is 0 Å². The summed E-state index contributed by atoms with van der Waals surface area (Å²) in [7, 11) is 0. The van der Waals surface area contributed by atoms with Crippen LogP contribution in [-0.4, -0.2) is 11.9 Å². The normalized spacial score (nSPS) is 14.1. The van der Waals surface area contributed by atoms with E-state index in [1.807, 2.05) is 0 Å². The first kappa shape index (κ1) is 9.76. The van der Waals surface area contributed by atoms with Crippen LogP contribution in [-0.2, 0) is 13.0 Å². The summed E-state index contributed by atoms with van der Waals surface area (Å²) in [5.41, 5.74) is 4.03. The van der Waals surface area contributed by atoms with Gasteiger partial charge in [-0.2, -0.15) is 0 Å². The van der Waals surface area contributed by atoms with Gasteiger partial charge in [0.15, 0.2) is 0 Å². The van der Waals surface area contributed by atoms with Crippen LogP contribution in [0.1, 0.15) is 16.7 Å². The number of nitrogens with one attached hydrogen (secondary N) is 1. The first-order chi connectivity index (χ1) is 6.92. The summed E-state index contributed by atoms with van der Waals surface area (Å²) in [6.07, 6.45) is 1.10. The lowest BCUT2D eigenvalue weighted by Gasteiger charge is -2.18. The molecule has 0 saturated heterocycles. The average molecular weight is 250 g/mol. The van der Waals surface area contributed by atoms with Crippen molar-refractivity contribution in [3.8, 4) is 11.8 Å². The lowest BCUT2D eigenvalue weighted by atomic mass is 9.96.